The molecule has 29 heavy (non-hydrogen) atoms. The Morgan fingerprint density at radius 3 is 2.55 bits per heavy atom. The zero-order valence-electron chi connectivity index (χ0n) is 16.2. The van der Waals surface area contributed by atoms with Crippen molar-refractivity contribution < 1.29 is 9.53 Å². The molecule has 0 bridgehead atoms. The largest absolute Gasteiger partial charge is 0.497 e. The van der Waals surface area contributed by atoms with Crippen LogP contribution in [0.25, 0.3) is 16.7 Å². The minimum absolute atomic E-state index is 0.236. The SMILES string of the molecule is COc1ccc(-n2nc(C)c3c(C(=O)Nc4cccc(Cl)c4)cc(C)nc32)cc1. The summed E-state index contributed by atoms with van der Waals surface area (Å²) in [6.45, 7) is 3.73. The molecule has 0 aliphatic rings. The van der Waals surface area contributed by atoms with E-state index in [1.54, 1.807) is 42.1 Å². The second kappa shape index (κ2) is 7.56. The van der Waals surface area contributed by atoms with Gasteiger partial charge in [0.05, 0.1) is 29.4 Å². The van der Waals surface area contributed by atoms with Crippen LogP contribution < -0.4 is 10.1 Å². The standard InChI is InChI=1S/C22H19ClN4O2/c1-13-11-19(22(28)25-16-6-4-5-15(23)12-16)20-14(2)26-27(21(20)24-13)17-7-9-18(29-3)10-8-17/h4-12H,1-3H3,(H,25,28). The molecule has 4 rings (SSSR count). The van der Waals surface area contributed by atoms with E-state index in [0.717, 1.165) is 22.8 Å². The van der Waals surface area contributed by atoms with Crippen LogP contribution in [-0.4, -0.2) is 27.8 Å². The molecule has 2 heterocycles. The Morgan fingerprint density at radius 2 is 1.86 bits per heavy atom. The molecule has 0 radical (unpaired) electrons. The number of nitrogens with one attached hydrogen (secondary N) is 1. The lowest BCUT2D eigenvalue weighted by molar-refractivity contribution is 0.102. The summed E-state index contributed by atoms with van der Waals surface area (Å²) >= 11 is 6.03. The van der Waals surface area contributed by atoms with Crippen LogP contribution in [0.2, 0.25) is 5.02 Å². The molecule has 0 fully saturated rings. The number of pyridine rings is 1. The van der Waals surface area contributed by atoms with Crippen LogP contribution >= 0.6 is 11.6 Å². The molecule has 146 valence electrons. The normalized spacial score (nSPS) is 10.9. The van der Waals surface area contributed by atoms with Crippen LogP contribution in [0, 0.1) is 13.8 Å². The Balaban J connectivity index is 1.81. The second-order valence-electron chi connectivity index (χ2n) is 6.67. The first-order valence-corrected chi connectivity index (χ1v) is 9.42. The lowest BCUT2D eigenvalue weighted by atomic mass is 10.1. The molecule has 7 heteroatoms. The number of benzene rings is 2. The first kappa shape index (κ1) is 19.0. The van der Waals surface area contributed by atoms with Gasteiger partial charge in [0.25, 0.3) is 5.91 Å². The Hall–Kier alpha value is -3.38. The van der Waals surface area contributed by atoms with E-state index < -0.39 is 0 Å². The number of halogens is 1. The number of carbonyl (C=O) groups is 1. The number of amides is 1. The third-order valence-corrected chi connectivity index (χ3v) is 4.82. The zero-order chi connectivity index (χ0) is 20.5. The number of methoxy groups -OCH3 is 1. The maximum absolute atomic E-state index is 13.0. The van der Waals surface area contributed by atoms with Gasteiger partial charge in [0, 0.05) is 16.4 Å². The van der Waals surface area contributed by atoms with Gasteiger partial charge >= 0.3 is 0 Å². The summed E-state index contributed by atoms with van der Waals surface area (Å²) in [6.07, 6.45) is 0. The number of nitrogens with zero attached hydrogens (tertiary/aromatic N) is 3. The lowest BCUT2D eigenvalue weighted by Crippen LogP contribution is -2.13. The minimum Gasteiger partial charge on any atom is -0.497 e. The van der Waals surface area contributed by atoms with Crippen LogP contribution in [0.4, 0.5) is 5.69 Å². The van der Waals surface area contributed by atoms with Crippen LogP contribution in [0.15, 0.2) is 54.6 Å². The van der Waals surface area contributed by atoms with E-state index in [1.165, 1.54) is 0 Å². The first-order chi connectivity index (χ1) is 14.0. The van der Waals surface area contributed by atoms with Gasteiger partial charge in [0.1, 0.15) is 5.75 Å². The highest BCUT2D eigenvalue weighted by Crippen LogP contribution is 2.26. The fourth-order valence-corrected chi connectivity index (χ4v) is 3.45. The van der Waals surface area contributed by atoms with E-state index in [4.69, 9.17) is 16.3 Å². The molecule has 4 aromatic rings. The lowest BCUT2D eigenvalue weighted by Gasteiger charge is -2.09. The number of hydrogen-bond donors (Lipinski definition) is 1. The smallest absolute Gasteiger partial charge is 0.256 e. The van der Waals surface area contributed by atoms with Crippen molar-refractivity contribution in [3.05, 3.63) is 76.6 Å². The maximum Gasteiger partial charge on any atom is 0.256 e. The number of rotatable bonds is 4. The van der Waals surface area contributed by atoms with Gasteiger partial charge in [0.15, 0.2) is 5.65 Å². The van der Waals surface area contributed by atoms with Crippen molar-refractivity contribution in [2.24, 2.45) is 0 Å². The fourth-order valence-electron chi connectivity index (χ4n) is 3.26. The molecule has 0 aliphatic heterocycles. The van der Waals surface area contributed by atoms with Crippen LogP contribution in [0.1, 0.15) is 21.7 Å². The molecular formula is C22H19ClN4O2. The molecule has 1 amide bonds. The molecule has 0 unspecified atom stereocenters. The van der Waals surface area contributed by atoms with Gasteiger partial charge in [-0.1, -0.05) is 17.7 Å². The zero-order valence-corrected chi connectivity index (χ0v) is 17.0. The van der Waals surface area contributed by atoms with Gasteiger partial charge in [-0.3, -0.25) is 4.79 Å². The summed E-state index contributed by atoms with van der Waals surface area (Å²) in [7, 11) is 1.62. The Kier molecular flexibility index (Phi) is 4.94. The molecule has 2 aromatic carbocycles. The summed E-state index contributed by atoms with van der Waals surface area (Å²) in [5.74, 6) is 0.521. The van der Waals surface area contributed by atoms with Crippen molar-refractivity contribution in [1.82, 2.24) is 14.8 Å². The number of ether oxygens (including phenoxy) is 1. The minimum atomic E-state index is -0.236. The van der Waals surface area contributed by atoms with Crippen molar-refractivity contribution >= 4 is 34.2 Å². The molecule has 6 nitrogen and oxygen atoms in total. The second-order valence-corrected chi connectivity index (χ2v) is 7.11. The number of anilines is 1. The molecule has 0 saturated carbocycles. The van der Waals surface area contributed by atoms with Crippen molar-refractivity contribution in [3.8, 4) is 11.4 Å². The summed E-state index contributed by atoms with van der Waals surface area (Å²) < 4.78 is 6.97. The van der Waals surface area contributed by atoms with Crippen LogP contribution in [0.3, 0.4) is 0 Å². The maximum atomic E-state index is 13.0. The number of aryl methyl sites for hydroxylation is 2. The average molecular weight is 407 g/mol. The number of fused-ring (bicyclic) bond motifs is 1. The van der Waals surface area contributed by atoms with Gasteiger partial charge in [-0.25, -0.2) is 9.67 Å². The predicted molar refractivity (Wildman–Crippen MR) is 114 cm³/mol. The van der Waals surface area contributed by atoms with Crippen molar-refractivity contribution in [2.45, 2.75) is 13.8 Å². The third-order valence-electron chi connectivity index (χ3n) is 4.58. The van der Waals surface area contributed by atoms with Gasteiger partial charge in [-0.15, -0.1) is 0 Å². The van der Waals surface area contributed by atoms with E-state index in [1.807, 2.05) is 38.1 Å². The van der Waals surface area contributed by atoms with Gasteiger partial charge in [-0.2, -0.15) is 5.10 Å². The predicted octanol–water partition coefficient (Wildman–Crippen LogP) is 4.95. The monoisotopic (exact) mass is 406 g/mol. The van der Waals surface area contributed by atoms with Gasteiger partial charge in [-0.05, 0) is 62.4 Å². The molecule has 0 aliphatic carbocycles. The summed E-state index contributed by atoms with van der Waals surface area (Å²) in [5, 5.41) is 8.81. The van der Waals surface area contributed by atoms with Gasteiger partial charge in [0.2, 0.25) is 0 Å². The fraction of sp³-hybridized carbons (Fsp3) is 0.136. The van der Waals surface area contributed by atoms with Crippen LogP contribution in [-0.2, 0) is 0 Å². The van der Waals surface area contributed by atoms with E-state index in [-0.39, 0.29) is 5.91 Å². The van der Waals surface area contributed by atoms with Crippen LogP contribution in [0.5, 0.6) is 5.75 Å². The van der Waals surface area contributed by atoms with E-state index in [9.17, 15) is 4.79 Å². The highest BCUT2D eigenvalue weighted by Gasteiger charge is 2.20. The molecule has 2 aromatic heterocycles. The number of carbonyl (C=O) groups excluding carboxylic acids is 1. The Bertz CT molecular complexity index is 1220. The highest BCUT2D eigenvalue weighted by atomic mass is 35.5. The highest BCUT2D eigenvalue weighted by molar-refractivity contribution is 6.31. The topological polar surface area (TPSA) is 69.0 Å². The number of hydrogen-bond acceptors (Lipinski definition) is 4. The summed E-state index contributed by atoms with van der Waals surface area (Å²) in [6, 6.07) is 16.4. The van der Waals surface area contributed by atoms with Gasteiger partial charge < -0.3 is 10.1 Å². The Labute approximate surface area is 173 Å². The van der Waals surface area contributed by atoms with E-state index >= 15 is 0 Å². The van der Waals surface area contributed by atoms with E-state index in [2.05, 4.69) is 15.4 Å². The summed E-state index contributed by atoms with van der Waals surface area (Å²) in [4.78, 5) is 17.7. The Morgan fingerprint density at radius 1 is 1.10 bits per heavy atom. The summed E-state index contributed by atoms with van der Waals surface area (Å²) in [5.41, 5.74) is 4.06. The van der Waals surface area contributed by atoms with Crippen molar-refractivity contribution in [3.63, 3.8) is 0 Å². The quantitative estimate of drug-likeness (QED) is 0.520. The molecular weight excluding hydrogens is 388 g/mol. The average Bonchev–Trinajstić information content (AvgIpc) is 3.03. The van der Waals surface area contributed by atoms with Crippen molar-refractivity contribution in [1.29, 1.82) is 0 Å². The number of aromatic nitrogens is 3. The van der Waals surface area contributed by atoms with E-state index in [0.29, 0.717) is 27.3 Å². The first-order valence-electron chi connectivity index (χ1n) is 9.04. The molecule has 0 saturated heterocycles. The molecule has 0 atom stereocenters. The molecule has 0 spiro atoms. The molecule has 1 N–H and O–H groups in total. The third kappa shape index (κ3) is 3.67. The van der Waals surface area contributed by atoms with Crippen molar-refractivity contribution in [2.75, 3.05) is 12.4 Å².